The first kappa shape index (κ1) is 22.5. The molecule has 1 aromatic carbocycles. The van der Waals surface area contributed by atoms with E-state index >= 15 is 0 Å². The van der Waals surface area contributed by atoms with Gasteiger partial charge in [0.15, 0.2) is 0 Å². The zero-order chi connectivity index (χ0) is 19.6. The third-order valence-electron chi connectivity index (χ3n) is 5.20. The topological polar surface area (TPSA) is 113 Å². The van der Waals surface area contributed by atoms with Crippen molar-refractivity contribution in [1.82, 2.24) is 14.5 Å². The van der Waals surface area contributed by atoms with Crippen molar-refractivity contribution in [2.75, 3.05) is 39.3 Å². The van der Waals surface area contributed by atoms with Gasteiger partial charge in [0, 0.05) is 44.9 Å². The number of hydrogen-bond acceptors (Lipinski definition) is 6. The van der Waals surface area contributed by atoms with E-state index in [9.17, 15) is 23.3 Å². The fraction of sp³-hybridized carbons (Fsp3) is 0.588. The Hall–Kier alpha value is -1.75. The van der Waals surface area contributed by atoms with Crippen LogP contribution >= 0.6 is 12.4 Å². The predicted molar refractivity (Wildman–Crippen MR) is 106 cm³/mol. The maximum Gasteiger partial charge on any atom is 0.270 e. The van der Waals surface area contributed by atoms with Crippen LogP contribution in [0.25, 0.3) is 0 Å². The fourth-order valence-corrected chi connectivity index (χ4v) is 5.26. The van der Waals surface area contributed by atoms with Crippen LogP contribution < -0.4 is 5.32 Å². The van der Waals surface area contributed by atoms with Gasteiger partial charge in [-0.2, -0.15) is 4.31 Å². The molecule has 28 heavy (non-hydrogen) atoms. The molecule has 156 valence electrons. The van der Waals surface area contributed by atoms with Gasteiger partial charge in [-0.05, 0) is 31.9 Å². The normalized spacial score (nSPS) is 21.0. The van der Waals surface area contributed by atoms with Gasteiger partial charge >= 0.3 is 0 Å². The number of carbonyl (C=O) groups excluding carboxylic acids is 1. The van der Waals surface area contributed by atoms with Crippen molar-refractivity contribution in [2.24, 2.45) is 5.92 Å². The zero-order valence-electron chi connectivity index (χ0n) is 15.7. The number of hydrogen-bond donors (Lipinski definition) is 1. The highest BCUT2D eigenvalue weighted by Crippen LogP contribution is 2.26. The van der Waals surface area contributed by atoms with Gasteiger partial charge in [0.05, 0.1) is 15.7 Å². The largest absolute Gasteiger partial charge is 0.340 e. The number of nitrogens with one attached hydrogen (secondary N) is 1. The molecule has 2 heterocycles. The van der Waals surface area contributed by atoms with E-state index in [4.69, 9.17) is 0 Å². The summed E-state index contributed by atoms with van der Waals surface area (Å²) in [6, 6.07) is 3.85. The second-order valence-corrected chi connectivity index (χ2v) is 8.89. The highest BCUT2D eigenvalue weighted by molar-refractivity contribution is 7.89. The van der Waals surface area contributed by atoms with E-state index < -0.39 is 14.9 Å². The van der Waals surface area contributed by atoms with Gasteiger partial charge < -0.3 is 10.2 Å². The molecule has 0 aliphatic carbocycles. The monoisotopic (exact) mass is 432 g/mol. The lowest BCUT2D eigenvalue weighted by atomic mass is 9.98. The summed E-state index contributed by atoms with van der Waals surface area (Å²) >= 11 is 0. The summed E-state index contributed by atoms with van der Waals surface area (Å²) in [6.07, 6.45) is 1.83. The number of piperidine rings is 1. The average molecular weight is 433 g/mol. The molecule has 0 bridgehead atoms. The van der Waals surface area contributed by atoms with E-state index in [-0.39, 0.29) is 47.9 Å². The van der Waals surface area contributed by atoms with Crippen LogP contribution in [0.2, 0.25) is 0 Å². The van der Waals surface area contributed by atoms with Crippen LogP contribution in [-0.4, -0.2) is 67.7 Å². The van der Waals surface area contributed by atoms with Crippen LogP contribution in [0, 0.1) is 23.0 Å². The molecule has 0 radical (unpaired) electrons. The molecule has 11 heteroatoms. The van der Waals surface area contributed by atoms with Crippen LogP contribution in [0.4, 0.5) is 5.69 Å². The molecule has 1 amide bonds. The average Bonchev–Trinajstić information content (AvgIpc) is 2.68. The standard InChI is InChI=1S/C17H24N4O5S.ClH/c1-13-4-5-15(21(23)24)11-16(13)27(25,26)20-9-7-19(8-10-20)17(22)14-3-2-6-18-12-14;/h4-5,11,14,18H,2-3,6-10,12H2,1H3;1H. The summed E-state index contributed by atoms with van der Waals surface area (Å²) < 4.78 is 27.2. The molecular formula is C17H25ClN4O5S. The van der Waals surface area contributed by atoms with Crippen molar-refractivity contribution in [3.8, 4) is 0 Å². The van der Waals surface area contributed by atoms with Crippen molar-refractivity contribution in [3.05, 3.63) is 33.9 Å². The van der Waals surface area contributed by atoms with Crippen molar-refractivity contribution in [2.45, 2.75) is 24.7 Å². The molecule has 0 aromatic heterocycles. The van der Waals surface area contributed by atoms with Gasteiger partial charge in [-0.3, -0.25) is 14.9 Å². The summed E-state index contributed by atoms with van der Waals surface area (Å²) in [5, 5.41) is 14.2. The first-order valence-corrected chi connectivity index (χ1v) is 10.5. The summed E-state index contributed by atoms with van der Waals surface area (Å²) in [5.41, 5.74) is 0.213. The van der Waals surface area contributed by atoms with Gasteiger partial charge in [-0.15, -0.1) is 12.4 Å². The Morgan fingerprint density at radius 2 is 1.93 bits per heavy atom. The van der Waals surface area contributed by atoms with Crippen molar-refractivity contribution in [3.63, 3.8) is 0 Å². The molecule has 1 N–H and O–H groups in total. The Balaban J connectivity index is 0.00000280. The Morgan fingerprint density at radius 3 is 2.50 bits per heavy atom. The lowest BCUT2D eigenvalue weighted by Gasteiger charge is -2.36. The van der Waals surface area contributed by atoms with Gasteiger partial charge in [-0.1, -0.05) is 6.07 Å². The molecule has 2 aliphatic heterocycles. The molecule has 1 aromatic rings. The summed E-state index contributed by atoms with van der Waals surface area (Å²) in [5.74, 6) is 0.0340. The molecule has 2 aliphatic rings. The van der Waals surface area contributed by atoms with Crippen LogP contribution in [0.5, 0.6) is 0 Å². The number of halogens is 1. The Labute approximate surface area is 170 Å². The minimum atomic E-state index is -3.84. The zero-order valence-corrected chi connectivity index (χ0v) is 17.3. The van der Waals surface area contributed by atoms with Crippen molar-refractivity contribution >= 4 is 34.0 Å². The highest BCUT2D eigenvalue weighted by atomic mass is 35.5. The maximum atomic E-state index is 13.0. The van der Waals surface area contributed by atoms with Crippen molar-refractivity contribution in [1.29, 1.82) is 0 Å². The molecule has 2 fully saturated rings. The van der Waals surface area contributed by atoms with Gasteiger partial charge in [0.2, 0.25) is 15.9 Å². The third kappa shape index (κ3) is 4.62. The molecular weight excluding hydrogens is 408 g/mol. The fourth-order valence-electron chi connectivity index (χ4n) is 3.59. The number of nitro groups is 1. The lowest BCUT2D eigenvalue weighted by molar-refractivity contribution is -0.385. The third-order valence-corrected chi connectivity index (χ3v) is 7.24. The summed E-state index contributed by atoms with van der Waals surface area (Å²) in [4.78, 5) is 24.7. The molecule has 1 unspecified atom stereocenters. The van der Waals surface area contributed by atoms with Gasteiger partial charge in [0.25, 0.3) is 5.69 Å². The second-order valence-electron chi connectivity index (χ2n) is 6.98. The number of non-ortho nitro benzene ring substituents is 1. The van der Waals surface area contributed by atoms with Crippen LogP contribution in [0.15, 0.2) is 23.1 Å². The number of benzene rings is 1. The van der Waals surface area contributed by atoms with E-state index in [1.165, 1.54) is 16.4 Å². The maximum absolute atomic E-state index is 13.0. The van der Waals surface area contributed by atoms with Crippen LogP contribution in [0.3, 0.4) is 0 Å². The van der Waals surface area contributed by atoms with E-state index in [2.05, 4.69) is 5.32 Å². The smallest absolute Gasteiger partial charge is 0.270 e. The van der Waals surface area contributed by atoms with E-state index in [0.29, 0.717) is 25.2 Å². The van der Waals surface area contributed by atoms with Gasteiger partial charge in [-0.25, -0.2) is 8.42 Å². The number of aryl methyl sites for hydroxylation is 1. The SMILES string of the molecule is Cc1ccc([N+](=O)[O-])cc1S(=O)(=O)N1CCN(C(=O)C2CCCNC2)CC1.Cl. The first-order chi connectivity index (χ1) is 12.8. The Bertz CT molecular complexity index is 834. The molecule has 3 rings (SSSR count). The lowest BCUT2D eigenvalue weighted by Crippen LogP contribution is -2.53. The van der Waals surface area contributed by atoms with E-state index in [0.717, 1.165) is 25.5 Å². The minimum Gasteiger partial charge on any atom is -0.340 e. The Kier molecular flexibility index (Phi) is 7.38. The summed E-state index contributed by atoms with van der Waals surface area (Å²) in [6.45, 7) is 4.27. The predicted octanol–water partition coefficient (Wildman–Crippen LogP) is 1.16. The summed E-state index contributed by atoms with van der Waals surface area (Å²) in [7, 11) is -3.84. The number of amides is 1. The van der Waals surface area contributed by atoms with E-state index in [1.807, 2.05) is 0 Å². The minimum absolute atomic E-state index is 0. The number of sulfonamides is 1. The Morgan fingerprint density at radius 1 is 1.25 bits per heavy atom. The molecule has 0 spiro atoms. The van der Waals surface area contributed by atoms with Crippen molar-refractivity contribution < 1.29 is 18.1 Å². The number of rotatable bonds is 4. The molecule has 2 saturated heterocycles. The number of nitrogens with zero attached hydrogens (tertiary/aromatic N) is 3. The number of carbonyl (C=O) groups is 1. The molecule has 1 atom stereocenters. The van der Waals surface area contributed by atoms with Crippen LogP contribution in [-0.2, 0) is 14.8 Å². The second kappa shape index (κ2) is 9.17. The molecule has 9 nitrogen and oxygen atoms in total. The molecule has 0 saturated carbocycles. The first-order valence-electron chi connectivity index (χ1n) is 9.05. The van der Waals surface area contributed by atoms with Gasteiger partial charge in [0.1, 0.15) is 0 Å². The highest BCUT2D eigenvalue weighted by Gasteiger charge is 2.34. The van der Waals surface area contributed by atoms with Crippen LogP contribution in [0.1, 0.15) is 18.4 Å². The quantitative estimate of drug-likeness (QED) is 0.564. The van der Waals surface area contributed by atoms with E-state index in [1.54, 1.807) is 11.8 Å². The number of piperazine rings is 1. The number of nitro benzene ring substituents is 1.